The largest absolute Gasteiger partial charge is 0.382 e. The summed E-state index contributed by atoms with van der Waals surface area (Å²) in [6.07, 6.45) is 0. The summed E-state index contributed by atoms with van der Waals surface area (Å²) >= 11 is 1.11. The highest BCUT2D eigenvalue weighted by atomic mass is 32.2. The first kappa shape index (κ1) is 18.4. The molecule has 2 rings (SSSR count). The second-order valence-corrected chi connectivity index (χ2v) is 7.60. The number of nitrogens with zero attached hydrogens (tertiary/aromatic N) is 3. The quantitative estimate of drug-likeness (QED) is 0.748. The van der Waals surface area contributed by atoms with Crippen LogP contribution in [0.2, 0.25) is 0 Å². The van der Waals surface area contributed by atoms with Gasteiger partial charge in [0.2, 0.25) is 0 Å². The van der Waals surface area contributed by atoms with Crippen molar-refractivity contribution in [1.82, 2.24) is 4.68 Å². The molecule has 10 heteroatoms. The van der Waals surface area contributed by atoms with Crippen molar-refractivity contribution in [1.29, 1.82) is 10.5 Å². The number of pyridine rings is 1. The Bertz CT molecular complexity index is 1050. The molecule has 0 bridgehead atoms. The highest BCUT2D eigenvalue weighted by molar-refractivity contribution is 7.99. The van der Waals surface area contributed by atoms with Crippen LogP contribution in [-0.4, -0.2) is 18.8 Å². The Kier molecular flexibility index (Phi) is 5.37. The third kappa shape index (κ3) is 3.45. The average molecular weight is 375 g/mol. The summed E-state index contributed by atoms with van der Waals surface area (Å²) in [5.74, 6) is 0.129. The molecule has 25 heavy (non-hydrogen) atoms. The van der Waals surface area contributed by atoms with Crippen LogP contribution >= 0.6 is 11.8 Å². The molecular weight excluding hydrogens is 362 g/mol. The summed E-state index contributed by atoms with van der Waals surface area (Å²) in [5.41, 5.74) is 4.42. The Morgan fingerprint density at radius 3 is 2.32 bits per heavy atom. The highest BCUT2D eigenvalue weighted by Crippen LogP contribution is 2.28. The summed E-state index contributed by atoms with van der Waals surface area (Å²) in [5, 5.41) is 18.6. The fourth-order valence-corrected chi connectivity index (χ4v) is 3.93. The van der Waals surface area contributed by atoms with Gasteiger partial charge < -0.3 is 5.73 Å². The third-order valence-electron chi connectivity index (χ3n) is 3.15. The molecule has 0 aliphatic rings. The van der Waals surface area contributed by atoms with E-state index in [0.717, 1.165) is 11.8 Å². The van der Waals surface area contributed by atoms with Crippen LogP contribution in [0.15, 0.2) is 44.9 Å². The zero-order chi connectivity index (χ0) is 18.6. The maximum Gasteiger partial charge on any atom is 0.290 e. The molecule has 1 aromatic carbocycles. The van der Waals surface area contributed by atoms with Crippen molar-refractivity contribution in [2.45, 2.75) is 16.7 Å². The van der Waals surface area contributed by atoms with Crippen LogP contribution in [-0.2, 0) is 10.0 Å². The second-order valence-electron chi connectivity index (χ2n) is 4.67. The summed E-state index contributed by atoms with van der Waals surface area (Å²) < 4.78 is 25.4. The van der Waals surface area contributed by atoms with Crippen LogP contribution in [0.3, 0.4) is 0 Å². The number of thioether (sulfide) groups is 1. The summed E-state index contributed by atoms with van der Waals surface area (Å²) in [6, 6.07) is 10.9. The van der Waals surface area contributed by atoms with Gasteiger partial charge in [-0.3, -0.25) is 4.79 Å². The van der Waals surface area contributed by atoms with Gasteiger partial charge in [0, 0.05) is 0 Å². The van der Waals surface area contributed by atoms with Gasteiger partial charge in [-0.2, -0.15) is 23.6 Å². The number of nitriles is 2. The Labute approximate surface area is 148 Å². The molecule has 0 aliphatic heterocycles. The third-order valence-corrected chi connectivity index (χ3v) is 5.45. The van der Waals surface area contributed by atoms with Crippen molar-refractivity contribution in [2.24, 2.45) is 0 Å². The maximum absolute atomic E-state index is 12.5. The lowest BCUT2D eigenvalue weighted by Gasteiger charge is -2.16. The van der Waals surface area contributed by atoms with Crippen molar-refractivity contribution >= 4 is 27.6 Å². The minimum Gasteiger partial charge on any atom is -0.382 e. The molecule has 0 radical (unpaired) electrons. The van der Waals surface area contributed by atoms with E-state index < -0.39 is 15.6 Å². The lowest BCUT2D eigenvalue weighted by Crippen LogP contribution is -2.37. The van der Waals surface area contributed by atoms with Crippen LogP contribution in [0.25, 0.3) is 0 Å². The van der Waals surface area contributed by atoms with E-state index in [0.29, 0.717) is 10.4 Å². The molecule has 0 aliphatic carbocycles. The van der Waals surface area contributed by atoms with Crippen molar-refractivity contribution in [3.05, 3.63) is 51.8 Å². The van der Waals surface area contributed by atoms with Crippen LogP contribution < -0.4 is 16.1 Å². The molecule has 0 saturated heterocycles. The molecule has 0 amide bonds. The standard InChI is InChI=1S/C15H13N5O3S2/c1-2-24-13-11(8-16)14(18)20(15(21)12(13)9-17)19-25(22,23)10-6-4-3-5-7-10/h3-7,19H,2,18H2,1H3. The fraction of sp³-hybridized carbons (Fsp3) is 0.133. The number of nitrogens with two attached hydrogens (primary N) is 1. The molecule has 1 heterocycles. The van der Waals surface area contributed by atoms with E-state index in [1.54, 1.807) is 19.1 Å². The lowest BCUT2D eigenvalue weighted by atomic mass is 10.2. The van der Waals surface area contributed by atoms with Crippen LogP contribution in [0.1, 0.15) is 18.1 Å². The van der Waals surface area contributed by atoms with Crippen LogP contribution in [0.5, 0.6) is 0 Å². The predicted octanol–water partition coefficient (Wildman–Crippen LogP) is 1.22. The van der Waals surface area contributed by atoms with E-state index in [1.165, 1.54) is 24.3 Å². The van der Waals surface area contributed by atoms with Crippen molar-refractivity contribution in [2.75, 3.05) is 16.3 Å². The first-order valence-corrected chi connectivity index (χ1v) is 9.43. The number of nitrogens with one attached hydrogen (secondary N) is 1. The van der Waals surface area contributed by atoms with Gasteiger partial charge in [0.05, 0.1) is 9.79 Å². The number of anilines is 1. The molecule has 0 spiro atoms. The topological polar surface area (TPSA) is 142 Å². The Hall–Kier alpha value is -2.95. The van der Waals surface area contributed by atoms with Gasteiger partial charge in [0.1, 0.15) is 29.1 Å². The van der Waals surface area contributed by atoms with Gasteiger partial charge in [0.25, 0.3) is 15.6 Å². The second kappa shape index (κ2) is 7.30. The molecule has 2 aromatic rings. The van der Waals surface area contributed by atoms with Gasteiger partial charge in [-0.25, -0.2) is 4.83 Å². The Balaban J connectivity index is 2.70. The van der Waals surface area contributed by atoms with E-state index in [9.17, 15) is 23.7 Å². The summed E-state index contributed by atoms with van der Waals surface area (Å²) in [4.78, 5) is 14.6. The van der Waals surface area contributed by atoms with E-state index in [1.807, 2.05) is 10.9 Å². The van der Waals surface area contributed by atoms with Crippen molar-refractivity contribution in [3.8, 4) is 12.1 Å². The van der Waals surface area contributed by atoms with E-state index >= 15 is 0 Å². The zero-order valence-corrected chi connectivity index (χ0v) is 14.7. The number of rotatable bonds is 5. The molecule has 0 fully saturated rings. The molecule has 0 unspecified atom stereocenters. The Morgan fingerprint density at radius 1 is 1.20 bits per heavy atom. The molecule has 0 atom stereocenters. The fourth-order valence-electron chi connectivity index (χ4n) is 2.03. The van der Waals surface area contributed by atoms with Gasteiger partial charge in [-0.1, -0.05) is 25.1 Å². The van der Waals surface area contributed by atoms with Gasteiger partial charge in [-0.15, -0.1) is 11.8 Å². The number of aromatic nitrogens is 1. The zero-order valence-electron chi connectivity index (χ0n) is 13.1. The first-order chi connectivity index (χ1) is 11.9. The predicted molar refractivity (Wildman–Crippen MR) is 93.9 cm³/mol. The molecule has 128 valence electrons. The highest BCUT2D eigenvalue weighted by Gasteiger charge is 2.23. The number of nitrogen functional groups attached to an aromatic ring is 1. The van der Waals surface area contributed by atoms with E-state index in [4.69, 9.17) is 5.73 Å². The normalized spacial score (nSPS) is 10.7. The van der Waals surface area contributed by atoms with Crippen LogP contribution in [0.4, 0.5) is 5.82 Å². The van der Waals surface area contributed by atoms with Gasteiger partial charge >= 0.3 is 0 Å². The summed E-state index contributed by atoms with van der Waals surface area (Å²) in [6.45, 7) is 1.78. The van der Waals surface area contributed by atoms with E-state index in [2.05, 4.69) is 0 Å². The lowest BCUT2D eigenvalue weighted by molar-refractivity contribution is 0.594. The first-order valence-electron chi connectivity index (χ1n) is 6.96. The number of hydrogen-bond acceptors (Lipinski definition) is 7. The Morgan fingerprint density at radius 2 is 1.80 bits per heavy atom. The molecule has 1 aromatic heterocycles. The minimum absolute atomic E-state index is 0.0923. The van der Waals surface area contributed by atoms with Crippen molar-refractivity contribution in [3.63, 3.8) is 0 Å². The molecule has 3 N–H and O–H groups in total. The smallest absolute Gasteiger partial charge is 0.290 e. The number of sulfonamides is 1. The minimum atomic E-state index is -4.13. The molecule has 0 saturated carbocycles. The van der Waals surface area contributed by atoms with E-state index in [-0.39, 0.29) is 26.7 Å². The van der Waals surface area contributed by atoms with Crippen molar-refractivity contribution < 1.29 is 8.42 Å². The van der Waals surface area contributed by atoms with Gasteiger partial charge in [-0.05, 0) is 17.9 Å². The maximum atomic E-state index is 12.5. The molecule has 8 nitrogen and oxygen atoms in total. The summed E-state index contributed by atoms with van der Waals surface area (Å²) in [7, 11) is -4.13. The van der Waals surface area contributed by atoms with Gasteiger partial charge in [0.15, 0.2) is 0 Å². The monoisotopic (exact) mass is 375 g/mol. The number of benzene rings is 1. The molecular formula is C15H13N5O3S2. The van der Waals surface area contributed by atoms with Crippen LogP contribution in [0, 0.1) is 22.7 Å². The average Bonchev–Trinajstić information content (AvgIpc) is 2.60. The number of hydrogen-bond donors (Lipinski definition) is 2. The SMILES string of the molecule is CCSc1c(C#N)c(N)n(NS(=O)(=O)c2ccccc2)c(=O)c1C#N.